The zero-order valence-electron chi connectivity index (χ0n) is 10.4. The second-order valence-corrected chi connectivity index (χ2v) is 3.55. The number of hydrogen-bond donors (Lipinski definition) is 1. The van der Waals surface area contributed by atoms with E-state index >= 15 is 0 Å². The van der Waals surface area contributed by atoms with Crippen molar-refractivity contribution in [2.45, 2.75) is 13.0 Å². The highest BCUT2D eigenvalue weighted by atomic mass is 19.1. The van der Waals surface area contributed by atoms with Gasteiger partial charge in [0.15, 0.2) is 5.82 Å². The lowest BCUT2D eigenvalue weighted by molar-refractivity contribution is 0.0639. The maximum absolute atomic E-state index is 13.6. The number of methoxy groups -OCH3 is 1. The third-order valence-electron chi connectivity index (χ3n) is 2.21. The minimum absolute atomic E-state index is 0.0848. The molecule has 0 saturated carbocycles. The van der Waals surface area contributed by atoms with Crippen LogP contribution in [-0.2, 0) is 16.1 Å². The Labute approximate surface area is 106 Å². The number of rotatable bonds is 9. The van der Waals surface area contributed by atoms with E-state index < -0.39 is 5.82 Å². The zero-order chi connectivity index (χ0) is 13.2. The van der Waals surface area contributed by atoms with Crippen molar-refractivity contribution in [2.24, 2.45) is 0 Å². The van der Waals surface area contributed by atoms with Gasteiger partial charge >= 0.3 is 0 Å². The van der Waals surface area contributed by atoms with Gasteiger partial charge in [0.05, 0.1) is 26.4 Å². The lowest BCUT2D eigenvalue weighted by atomic mass is 10.3. The summed E-state index contributed by atoms with van der Waals surface area (Å²) in [5, 5.41) is 8.88. The van der Waals surface area contributed by atoms with E-state index in [9.17, 15) is 4.39 Å². The number of hydrogen-bond acceptors (Lipinski definition) is 5. The molecule has 0 bridgehead atoms. The molecule has 0 aliphatic heterocycles. The number of nitrogens with zero attached hydrogens (tertiary/aromatic N) is 1. The van der Waals surface area contributed by atoms with Crippen LogP contribution in [0.25, 0.3) is 0 Å². The van der Waals surface area contributed by atoms with Crippen LogP contribution < -0.4 is 4.74 Å². The first-order chi connectivity index (χ1) is 8.79. The molecule has 18 heavy (non-hydrogen) atoms. The highest BCUT2D eigenvalue weighted by molar-refractivity contribution is 5.22. The molecule has 1 N–H and O–H groups in total. The molecule has 0 aliphatic rings. The summed E-state index contributed by atoms with van der Waals surface area (Å²) in [6.07, 6.45) is 2.03. The van der Waals surface area contributed by atoms with Gasteiger partial charge in [-0.2, -0.15) is 0 Å². The van der Waals surface area contributed by atoms with Crippen LogP contribution in [0.5, 0.6) is 5.88 Å². The molecule has 0 atom stereocenters. The number of aliphatic hydroxyl groups is 1. The van der Waals surface area contributed by atoms with Crippen molar-refractivity contribution in [1.82, 2.24) is 4.98 Å². The monoisotopic (exact) mass is 259 g/mol. The zero-order valence-corrected chi connectivity index (χ0v) is 10.4. The maximum Gasteiger partial charge on any atom is 0.250 e. The number of ether oxygens (including phenoxy) is 3. The summed E-state index contributed by atoms with van der Waals surface area (Å²) < 4.78 is 28.8. The van der Waals surface area contributed by atoms with Crippen LogP contribution in [0.4, 0.5) is 4.39 Å². The van der Waals surface area contributed by atoms with E-state index in [2.05, 4.69) is 4.98 Å². The van der Waals surface area contributed by atoms with Crippen molar-refractivity contribution < 1.29 is 23.7 Å². The highest BCUT2D eigenvalue weighted by Gasteiger charge is 2.09. The van der Waals surface area contributed by atoms with E-state index in [4.69, 9.17) is 19.3 Å². The van der Waals surface area contributed by atoms with Gasteiger partial charge in [0.2, 0.25) is 0 Å². The Balaban J connectivity index is 2.23. The molecule has 0 amide bonds. The van der Waals surface area contributed by atoms with Gasteiger partial charge < -0.3 is 19.3 Å². The van der Waals surface area contributed by atoms with E-state index in [0.29, 0.717) is 32.8 Å². The van der Waals surface area contributed by atoms with Gasteiger partial charge in [0.25, 0.3) is 5.88 Å². The van der Waals surface area contributed by atoms with Gasteiger partial charge in [0.1, 0.15) is 0 Å². The second-order valence-electron chi connectivity index (χ2n) is 3.55. The Morgan fingerprint density at radius 2 is 2.11 bits per heavy atom. The molecule has 0 fully saturated rings. The smallest absolute Gasteiger partial charge is 0.250 e. The topological polar surface area (TPSA) is 60.8 Å². The summed E-state index contributed by atoms with van der Waals surface area (Å²) >= 11 is 0. The molecule has 6 heteroatoms. The number of pyridine rings is 1. The minimum atomic E-state index is -0.611. The lowest BCUT2D eigenvalue weighted by Gasteiger charge is -2.08. The molecule has 1 heterocycles. The van der Waals surface area contributed by atoms with Crippen LogP contribution in [0.2, 0.25) is 0 Å². The highest BCUT2D eigenvalue weighted by Crippen LogP contribution is 2.17. The summed E-state index contributed by atoms with van der Waals surface area (Å²) in [7, 11) is 1.61. The molecule has 0 aromatic carbocycles. The third kappa shape index (κ3) is 4.95. The molecule has 1 aromatic heterocycles. The summed E-state index contributed by atoms with van der Waals surface area (Å²) in [5.74, 6) is -0.696. The van der Waals surface area contributed by atoms with E-state index in [-0.39, 0.29) is 18.1 Å². The fraction of sp³-hybridized carbons (Fsp3) is 0.583. The Morgan fingerprint density at radius 3 is 2.83 bits per heavy atom. The molecule has 0 radical (unpaired) electrons. The molecule has 0 unspecified atom stereocenters. The maximum atomic E-state index is 13.6. The number of halogens is 1. The Bertz CT molecular complexity index is 349. The summed E-state index contributed by atoms with van der Waals surface area (Å²) in [4.78, 5) is 3.76. The third-order valence-corrected chi connectivity index (χ3v) is 2.21. The molecule has 0 saturated heterocycles. The summed E-state index contributed by atoms with van der Waals surface area (Å²) in [5.41, 5.74) is 0.177. The van der Waals surface area contributed by atoms with Gasteiger partial charge in [-0.15, -0.1) is 0 Å². The second kappa shape index (κ2) is 8.79. The molecule has 5 nitrogen and oxygen atoms in total. The van der Waals surface area contributed by atoms with Gasteiger partial charge in [-0.1, -0.05) is 0 Å². The van der Waals surface area contributed by atoms with Crippen LogP contribution in [0.1, 0.15) is 12.0 Å². The first-order valence-electron chi connectivity index (χ1n) is 5.73. The van der Waals surface area contributed by atoms with Crippen LogP contribution in [0, 0.1) is 5.82 Å². The van der Waals surface area contributed by atoms with Crippen LogP contribution in [0.3, 0.4) is 0 Å². The van der Waals surface area contributed by atoms with Gasteiger partial charge in [0, 0.05) is 31.9 Å². The van der Waals surface area contributed by atoms with Crippen molar-refractivity contribution in [1.29, 1.82) is 0 Å². The molecule has 1 aromatic rings. The molecule has 0 aliphatic carbocycles. The molecule has 102 valence electrons. The Hall–Kier alpha value is -1.24. The normalized spacial score (nSPS) is 10.6. The number of aromatic nitrogens is 1. The predicted molar refractivity (Wildman–Crippen MR) is 62.9 cm³/mol. The standard InChI is InChI=1S/C12H18FNO4/c1-16-7-8-17-5-2-6-18-12-11(13)10(9-15)3-4-14-12/h3-4,15H,2,5-9H2,1H3. The van der Waals surface area contributed by atoms with Gasteiger partial charge in [-0.25, -0.2) is 9.37 Å². The van der Waals surface area contributed by atoms with Crippen molar-refractivity contribution in [3.05, 3.63) is 23.6 Å². The van der Waals surface area contributed by atoms with Crippen molar-refractivity contribution >= 4 is 0 Å². The molecule has 1 rings (SSSR count). The lowest BCUT2D eigenvalue weighted by Crippen LogP contribution is -2.08. The summed E-state index contributed by atoms with van der Waals surface area (Å²) in [6, 6.07) is 1.41. The van der Waals surface area contributed by atoms with Gasteiger partial charge in [-0.3, -0.25) is 0 Å². The van der Waals surface area contributed by atoms with E-state index in [0.717, 1.165) is 0 Å². The van der Waals surface area contributed by atoms with Crippen LogP contribution in [-0.4, -0.2) is 43.6 Å². The molecular weight excluding hydrogens is 241 g/mol. The van der Waals surface area contributed by atoms with Crippen LogP contribution in [0.15, 0.2) is 12.3 Å². The fourth-order valence-electron chi connectivity index (χ4n) is 1.26. The van der Waals surface area contributed by atoms with Crippen molar-refractivity contribution in [2.75, 3.05) is 33.5 Å². The predicted octanol–water partition coefficient (Wildman–Crippen LogP) is 1.14. The molecular formula is C12H18FNO4. The minimum Gasteiger partial charge on any atom is -0.475 e. The average molecular weight is 259 g/mol. The van der Waals surface area contributed by atoms with Crippen LogP contribution >= 0.6 is 0 Å². The van der Waals surface area contributed by atoms with E-state index in [1.54, 1.807) is 7.11 Å². The molecule has 0 spiro atoms. The van der Waals surface area contributed by atoms with E-state index in [1.807, 2.05) is 0 Å². The Kier molecular flexibility index (Phi) is 7.24. The van der Waals surface area contributed by atoms with E-state index in [1.165, 1.54) is 12.3 Å². The first-order valence-corrected chi connectivity index (χ1v) is 5.73. The SMILES string of the molecule is COCCOCCCOc1nccc(CO)c1F. The summed E-state index contributed by atoms with van der Waals surface area (Å²) in [6.45, 7) is 1.54. The fourth-order valence-corrected chi connectivity index (χ4v) is 1.26. The largest absolute Gasteiger partial charge is 0.475 e. The quantitative estimate of drug-likeness (QED) is 0.674. The first kappa shape index (κ1) is 14.8. The number of aliphatic hydroxyl groups excluding tert-OH is 1. The Morgan fingerprint density at radius 1 is 1.28 bits per heavy atom. The van der Waals surface area contributed by atoms with Crippen molar-refractivity contribution in [3.63, 3.8) is 0 Å². The van der Waals surface area contributed by atoms with Gasteiger partial charge in [-0.05, 0) is 6.07 Å². The van der Waals surface area contributed by atoms with Crippen molar-refractivity contribution in [3.8, 4) is 5.88 Å². The average Bonchev–Trinajstić information content (AvgIpc) is 2.39.